The van der Waals surface area contributed by atoms with Crippen molar-refractivity contribution < 1.29 is 39.4 Å². The van der Waals surface area contributed by atoms with E-state index in [0.29, 0.717) is 19.4 Å². The third-order valence-electron chi connectivity index (χ3n) is 10.0. The number of hydrogen-bond acceptors (Lipinski definition) is 10. The smallest absolute Gasteiger partial charge is 0.311 e. The standard InChI is InChI=1S/C31H60N2O8/c1-13-24-31(9,38)28(35)21(6)33(12)16-17(2)15-30(8,37)27(34)19(4)26(20(5)29(36)40-24)41-25-14-23(32(10)11)18(3)22(7)39-25/h17-28,34-35,37-38H,13-16H2,1-12H3/t17-,18?,19+,20-,21-,22?,23?,24-,25?,26+,27-,28-,30-,31-/m1/s1. The molecule has 0 aromatic carbocycles. The lowest BCUT2D eigenvalue weighted by molar-refractivity contribution is -0.259. The van der Waals surface area contributed by atoms with Gasteiger partial charge in [0.15, 0.2) is 6.29 Å². The average molecular weight is 589 g/mol. The van der Waals surface area contributed by atoms with Crippen LogP contribution >= 0.6 is 0 Å². The van der Waals surface area contributed by atoms with Gasteiger partial charge in [-0.25, -0.2) is 0 Å². The highest BCUT2D eigenvalue weighted by Crippen LogP contribution is 2.36. The van der Waals surface area contributed by atoms with Crippen molar-refractivity contribution in [3.63, 3.8) is 0 Å². The monoisotopic (exact) mass is 588 g/mol. The Kier molecular flexibility index (Phi) is 12.7. The second kappa shape index (κ2) is 14.3. The van der Waals surface area contributed by atoms with Crippen LogP contribution < -0.4 is 0 Å². The number of hydrogen-bond donors (Lipinski definition) is 4. The minimum atomic E-state index is -1.72. The molecule has 242 valence electrons. The molecule has 10 nitrogen and oxygen atoms in total. The zero-order valence-electron chi connectivity index (χ0n) is 27.6. The maximum Gasteiger partial charge on any atom is 0.311 e. The predicted molar refractivity (Wildman–Crippen MR) is 158 cm³/mol. The Balaban J connectivity index is 2.52. The fraction of sp³-hybridized carbons (Fsp3) is 0.968. The van der Waals surface area contributed by atoms with E-state index in [2.05, 4.69) is 11.8 Å². The van der Waals surface area contributed by atoms with Gasteiger partial charge in [-0.05, 0) is 80.4 Å². The molecule has 0 radical (unpaired) electrons. The van der Waals surface area contributed by atoms with Gasteiger partial charge in [0, 0.05) is 31.0 Å². The highest BCUT2D eigenvalue weighted by atomic mass is 16.7. The lowest BCUT2D eigenvalue weighted by Gasteiger charge is -2.45. The summed E-state index contributed by atoms with van der Waals surface area (Å²) in [6.45, 7) is 16.8. The van der Waals surface area contributed by atoms with Crippen molar-refractivity contribution in [2.45, 2.75) is 142 Å². The van der Waals surface area contributed by atoms with Crippen LogP contribution in [0.15, 0.2) is 0 Å². The number of rotatable bonds is 4. The molecule has 2 rings (SSSR count). The van der Waals surface area contributed by atoms with Crippen LogP contribution in [0.2, 0.25) is 0 Å². The lowest BCUT2D eigenvalue weighted by Crippen LogP contribution is -2.59. The summed E-state index contributed by atoms with van der Waals surface area (Å²) in [7, 11) is 5.89. The first-order valence-electron chi connectivity index (χ1n) is 15.4. The van der Waals surface area contributed by atoms with Crippen molar-refractivity contribution in [3.05, 3.63) is 0 Å². The first-order chi connectivity index (χ1) is 18.8. The molecule has 2 heterocycles. The summed E-state index contributed by atoms with van der Waals surface area (Å²) in [5, 5.41) is 45.8. The van der Waals surface area contributed by atoms with Gasteiger partial charge in [0.25, 0.3) is 0 Å². The second-order valence-corrected chi connectivity index (χ2v) is 13.9. The molecule has 0 aliphatic carbocycles. The molecule has 0 aromatic heterocycles. The summed E-state index contributed by atoms with van der Waals surface area (Å²) in [5.74, 6) is -1.92. The Hall–Kier alpha value is -0.850. The molecule has 0 spiro atoms. The molecule has 2 aliphatic rings. The van der Waals surface area contributed by atoms with Gasteiger partial charge in [0.1, 0.15) is 17.8 Å². The minimum absolute atomic E-state index is 0.0527. The van der Waals surface area contributed by atoms with Gasteiger partial charge in [-0.15, -0.1) is 0 Å². The predicted octanol–water partition coefficient (Wildman–Crippen LogP) is 2.25. The summed E-state index contributed by atoms with van der Waals surface area (Å²) in [6, 6.07) is -0.275. The van der Waals surface area contributed by atoms with Crippen molar-refractivity contribution >= 4 is 5.97 Å². The van der Waals surface area contributed by atoms with Crippen LogP contribution in [0.4, 0.5) is 0 Å². The number of aliphatic hydroxyl groups is 4. The van der Waals surface area contributed by atoms with Gasteiger partial charge in [-0.1, -0.05) is 27.7 Å². The number of esters is 1. The fourth-order valence-corrected chi connectivity index (χ4v) is 7.00. The van der Waals surface area contributed by atoms with Gasteiger partial charge < -0.3 is 44.4 Å². The Bertz CT molecular complexity index is 839. The Labute approximate surface area is 248 Å². The average Bonchev–Trinajstić information content (AvgIpc) is 2.88. The van der Waals surface area contributed by atoms with Crippen molar-refractivity contribution in [1.29, 1.82) is 0 Å². The Morgan fingerprint density at radius 2 is 1.61 bits per heavy atom. The first kappa shape index (κ1) is 36.3. The van der Waals surface area contributed by atoms with Crippen LogP contribution in [0.3, 0.4) is 0 Å². The van der Waals surface area contributed by atoms with E-state index in [0.717, 1.165) is 0 Å². The normalized spacial score (nSPS) is 48.4. The summed E-state index contributed by atoms with van der Waals surface area (Å²) in [6.07, 6.45) is -3.81. The highest BCUT2D eigenvalue weighted by molar-refractivity contribution is 5.73. The summed E-state index contributed by atoms with van der Waals surface area (Å²) < 4.78 is 18.7. The second-order valence-electron chi connectivity index (χ2n) is 13.9. The molecular formula is C31H60N2O8. The molecule has 2 saturated heterocycles. The van der Waals surface area contributed by atoms with E-state index in [9.17, 15) is 25.2 Å². The number of likely N-dealkylation sites (N-methyl/N-ethyl adjacent to an activating group) is 1. The molecule has 4 N–H and O–H groups in total. The van der Waals surface area contributed by atoms with E-state index in [1.165, 1.54) is 6.92 Å². The van der Waals surface area contributed by atoms with E-state index < -0.39 is 65.8 Å². The maximum atomic E-state index is 13.7. The molecule has 4 unspecified atom stereocenters. The molecule has 0 saturated carbocycles. The molecular weight excluding hydrogens is 528 g/mol. The van der Waals surface area contributed by atoms with Crippen molar-refractivity contribution in [1.82, 2.24) is 9.80 Å². The van der Waals surface area contributed by atoms with Crippen molar-refractivity contribution in [3.8, 4) is 0 Å². The molecule has 0 amide bonds. The van der Waals surface area contributed by atoms with Gasteiger partial charge in [-0.2, -0.15) is 0 Å². The highest BCUT2D eigenvalue weighted by Gasteiger charge is 2.48. The quantitative estimate of drug-likeness (QED) is 0.363. The molecule has 10 heteroatoms. The number of aliphatic hydroxyl groups excluding tert-OH is 2. The number of carbonyl (C=O) groups excluding carboxylic acids is 1. The first-order valence-corrected chi connectivity index (χ1v) is 15.4. The summed E-state index contributed by atoms with van der Waals surface area (Å²) in [4.78, 5) is 17.7. The molecule has 2 fully saturated rings. The number of ether oxygens (including phenoxy) is 3. The van der Waals surface area contributed by atoms with Crippen LogP contribution in [0.25, 0.3) is 0 Å². The minimum Gasteiger partial charge on any atom is -0.459 e. The summed E-state index contributed by atoms with van der Waals surface area (Å²) >= 11 is 0. The lowest BCUT2D eigenvalue weighted by atomic mass is 9.78. The number of carbonyl (C=O) groups is 1. The Morgan fingerprint density at radius 1 is 1.02 bits per heavy atom. The largest absolute Gasteiger partial charge is 0.459 e. The topological polar surface area (TPSA) is 132 Å². The van der Waals surface area contributed by atoms with Gasteiger partial charge in [0.05, 0.1) is 29.8 Å². The third kappa shape index (κ3) is 8.41. The van der Waals surface area contributed by atoms with E-state index >= 15 is 0 Å². The molecule has 0 bridgehead atoms. The molecule has 14 atom stereocenters. The van der Waals surface area contributed by atoms with Crippen LogP contribution in [-0.2, 0) is 19.0 Å². The maximum absolute atomic E-state index is 13.7. The van der Waals surface area contributed by atoms with Crippen LogP contribution in [-0.4, -0.2) is 124 Å². The third-order valence-corrected chi connectivity index (χ3v) is 10.0. The fourth-order valence-electron chi connectivity index (χ4n) is 7.00. The van der Waals surface area contributed by atoms with Crippen molar-refractivity contribution in [2.75, 3.05) is 27.7 Å². The summed E-state index contributed by atoms with van der Waals surface area (Å²) in [5.41, 5.74) is -3.20. The Morgan fingerprint density at radius 3 is 2.15 bits per heavy atom. The zero-order chi connectivity index (χ0) is 31.6. The van der Waals surface area contributed by atoms with Crippen molar-refractivity contribution in [2.24, 2.45) is 23.7 Å². The number of cyclic esters (lactones) is 1. The van der Waals surface area contributed by atoms with E-state index in [4.69, 9.17) is 14.2 Å². The molecule has 0 aromatic rings. The molecule has 41 heavy (non-hydrogen) atoms. The van der Waals surface area contributed by atoms with Gasteiger partial charge in [0.2, 0.25) is 0 Å². The van der Waals surface area contributed by atoms with Crippen LogP contribution in [0.1, 0.15) is 81.6 Å². The molecule has 2 aliphatic heterocycles. The van der Waals surface area contributed by atoms with E-state index in [-0.39, 0.29) is 30.4 Å². The number of nitrogens with zero attached hydrogens (tertiary/aromatic N) is 2. The van der Waals surface area contributed by atoms with Gasteiger partial charge in [-0.3, -0.25) is 4.79 Å². The van der Waals surface area contributed by atoms with E-state index in [1.54, 1.807) is 27.7 Å². The van der Waals surface area contributed by atoms with E-state index in [1.807, 2.05) is 46.8 Å². The SMILES string of the molecule is CC[C@H]1OC(=O)[C@H](C)[C@@H](OC2CC(N(C)C)C(C)C(C)O2)[C@H](C)[C@@H](O)[C@](C)(O)C[C@@H](C)CN(C)[C@H](C)[C@@H](O)[C@]1(C)O. The van der Waals surface area contributed by atoms with Gasteiger partial charge >= 0.3 is 5.97 Å². The van der Waals surface area contributed by atoms with Crippen LogP contribution in [0.5, 0.6) is 0 Å². The van der Waals surface area contributed by atoms with Crippen LogP contribution in [0, 0.1) is 23.7 Å². The zero-order valence-corrected chi connectivity index (χ0v) is 27.6.